The molecule has 0 aliphatic carbocycles. The van der Waals surface area contributed by atoms with E-state index in [4.69, 9.17) is 0 Å². The first kappa shape index (κ1) is 41.5. The van der Waals surface area contributed by atoms with Gasteiger partial charge in [-0.1, -0.05) is 0 Å². The van der Waals surface area contributed by atoms with Gasteiger partial charge >= 0.3 is 0 Å². The highest BCUT2D eigenvalue weighted by Gasteiger charge is 2.47. The fraction of sp³-hybridized carbons (Fsp3) is 0. The second kappa shape index (κ2) is 22.9. The number of hydrogen-bond donors (Lipinski definition) is 0. The molecule has 0 saturated heterocycles. The molecule has 15 atom stereocenters. The summed E-state index contributed by atoms with van der Waals surface area (Å²) in [5.74, 6) is 0. The van der Waals surface area contributed by atoms with Gasteiger partial charge in [-0.3, -0.25) is 7.96 Å². The Labute approximate surface area is 230 Å². The fourth-order valence-electron chi connectivity index (χ4n) is 1.52. The summed E-state index contributed by atoms with van der Waals surface area (Å²) in [7, 11) is 52.4. The lowest BCUT2D eigenvalue weighted by atomic mass is 28.5. The van der Waals surface area contributed by atoms with Gasteiger partial charge in [0.25, 0.3) is 0 Å². The lowest BCUT2D eigenvalue weighted by molar-refractivity contribution is 4.43. The van der Waals surface area contributed by atoms with Gasteiger partial charge in [0.15, 0.2) is 0 Å². The lowest BCUT2D eigenvalue weighted by Crippen LogP contribution is -1.63. The van der Waals surface area contributed by atoms with E-state index in [1.807, 2.05) is 0 Å². The molecule has 0 radical (unpaired) electrons. The molecule has 0 aliphatic rings. The van der Waals surface area contributed by atoms with Gasteiger partial charge < -0.3 is 33.8 Å². The van der Waals surface area contributed by atoms with E-state index in [9.17, 15) is 0 Å². The molecule has 0 aliphatic heterocycles. The summed E-state index contributed by atoms with van der Waals surface area (Å²) in [6, 6.07) is 0. The molecule has 29 heavy (non-hydrogen) atoms. The third kappa shape index (κ3) is 15.3. The van der Waals surface area contributed by atoms with Crippen LogP contribution in [0.25, 0.3) is 0 Å². The van der Waals surface area contributed by atoms with E-state index in [1.165, 1.54) is 0 Å². The molecule has 0 heterocycles. The summed E-state index contributed by atoms with van der Waals surface area (Å²) >= 11 is 0. The molecule has 0 spiro atoms. The first-order chi connectivity index (χ1) is 13.2. The SMILES string of the molecule is [PH-]PP(P([PH-])[PH-])P(P(P(P)P)P(P)P)P(P(P(P)P)P(P)P)P(P(P)P)P(P)P. The van der Waals surface area contributed by atoms with Gasteiger partial charge in [-0.25, -0.2) is 0 Å². The molecule has 0 aromatic carbocycles. The van der Waals surface area contributed by atoms with Crippen molar-refractivity contribution >= 4 is 233 Å². The second-order valence-electron chi connectivity index (χ2n) is 4.33. The highest BCUT2D eigenvalue weighted by atomic mass is 33.5. The maximum Gasteiger partial charge on any atom is -0.000640 e. The Kier molecular flexibility index (Phi) is 32.7. The van der Waals surface area contributed by atoms with Crippen molar-refractivity contribution in [3.8, 4) is 0 Å². The molecule has 0 amide bonds. The molecule has 0 aromatic heterocycles. The summed E-state index contributed by atoms with van der Waals surface area (Å²) < 4.78 is 0. The Morgan fingerprint density at radius 1 is 0.414 bits per heavy atom. The largest absolute Gasteiger partial charge is 0.553 e. The Morgan fingerprint density at radius 2 is 0.655 bits per heavy atom. The van der Waals surface area contributed by atoms with Crippen LogP contribution in [0.1, 0.15) is 0 Å². The summed E-state index contributed by atoms with van der Waals surface area (Å²) in [5.41, 5.74) is 0. The summed E-state index contributed by atoms with van der Waals surface area (Å²) in [4.78, 5) is 0. The van der Waals surface area contributed by atoms with E-state index in [2.05, 4.69) is 134 Å². The van der Waals surface area contributed by atoms with E-state index in [0.29, 0.717) is 0 Å². The third-order valence-corrected chi connectivity index (χ3v) is 189. The molecule has 176 valence electrons. The first-order valence-electron chi connectivity index (χ1n) is 6.42. The molecule has 29 heteroatoms. The van der Waals surface area contributed by atoms with Crippen molar-refractivity contribution in [1.29, 1.82) is 0 Å². The van der Waals surface area contributed by atoms with Crippen LogP contribution < -0.4 is 0 Å². The van der Waals surface area contributed by atoms with Crippen LogP contribution >= 0.6 is 233 Å². The van der Waals surface area contributed by atoms with E-state index in [-0.39, 0.29) is 90.8 Å². The fourth-order valence-corrected chi connectivity index (χ4v) is 370. The van der Waals surface area contributed by atoms with Crippen molar-refractivity contribution in [3.05, 3.63) is 0 Å². The van der Waals surface area contributed by atoms with Crippen molar-refractivity contribution in [3.63, 3.8) is 0 Å². The van der Waals surface area contributed by atoms with Crippen molar-refractivity contribution in [1.82, 2.24) is 0 Å². The Bertz CT molecular complexity index is 368. The topological polar surface area (TPSA) is 0 Å². The summed E-state index contributed by atoms with van der Waals surface area (Å²) in [6.45, 7) is -0.672. The third-order valence-electron chi connectivity index (χ3n) is 2.34. The molecule has 0 bridgehead atoms. The van der Waals surface area contributed by atoms with Gasteiger partial charge in [0, 0.05) is 0 Å². The zero-order valence-electron chi connectivity index (χ0n) is 14.7. The Hall–Kier alpha value is 12.5. The molecular weight excluding hydrogens is 898 g/mol. The van der Waals surface area contributed by atoms with Crippen molar-refractivity contribution in [2.75, 3.05) is 0 Å². The summed E-state index contributed by atoms with van der Waals surface area (Å²) in [5, 5.41) is 0. The van der Waals surface area contributed by atoms with Gasteiger partial charge in [-0.15, -0.1) is 114 Å². The first-order valence-corrected chi connectivity index (χ1v) is 57.8. The predicted molar refractivity (Wildman–Crippen MR) is 240 cm³/mol. The molecule has 0 saturated carbocycles. The standard InChI is InChI=1S/H28P29/c1-16-24(17(2)3)28(25(18(4)5)19(6)7)29(26(20(8)9)21(10)11)27(22(12)13)23(14)15/h1-3,16H,4-15H2/q-3. The molecular formula is H28P29-3. The van der Waals surface area contributed by atoms with E-state index in [1.54, 1.807) is 0 Å². The van der Waals surface area contributed by atoms with Crippen LogP contribution in [0.4, 0.5) is 0 Å². The minimum Gasteiger partial charge on any atom is -0.553 e. The monoisotopic (exact) mass is 926 g/mol. The van der Waals surface area contributed by atoms with E-state index >= 15 is 0 Å². The van der Waals surface area contributed by atoms with Crippen LogP contribution in [0.2, 0.25) is 0 Å². The number of rotatable bonds is 13. The zero-order valence-corrected chi connectivity index (χ0v) is 44.2. The number of hydrogen-bond acceptors (Lipinski definition) is 0. The van der Waals surface area contributed by atoms with Crippen molar-refractivity contribution < 1.29 is 0 Å². The molecule has 0 nitrogen and oxygen atoms in total. The smallest absolute Gasteiger partial charge is 0.000640 e. The van der Waals surface area contributed by atoms with Gasteiger partial charge in [0.05, 0.1) is 0 Å². The Morgan fingerprint density at radius 3 is 0.828 bits per heavy atom. The minimum absolute atomic E-state index is 0.00187. The average molecular weight is 926 g/mol. The molecule has 0 N–H and O–H groups in total. The molecule has 0 fully saturated rings. The van der Waals surface area contributed by atoms with Gasteiger partial charge in [0.1, 0.15) is 0 Å². The molecule has 0 aromatic rings. The van der Waals surface area contributed by atoms with Crippen LogP contribution in [0.15, 0.2) is 0 Å². The zero-order chi connectivity index (χ0) is 23.2. The van der Waals surface area contributed by atoms with E-state index in [0.717, 1.165) is 7.96 Å². The maximum absolute atomic E-state index is 4.14. The Balaban J connectivity index is 6.97. The van der Waals surface area contributed by atoms with E-state index < -0.39 is 0 Å². The van der Waals surface area contributed by atoms with Crippen LogP contribution in [0.5, 0.6) is 0 Å². The molecule has 15 unspecified atom stereocenters. The maximum atomic E-state index is 4.14. The average Bonchev–Trinajstić information content (AvgIpc) is 2.51. The van der Waals surface area contributed by atoms with Gasteiger partial charge in [-0.2, -0.15) is 0 Å². The van der Waals surface area contributed by atoms with Crippen LogP contribution in [0, 0.1) is 0 Å². The van der Waals surface area contributed by atoms with Crippen molar-refractivity contribution in [2.45, 2.75) is 0 Å². The molecule has 0 rings (SSSR count). The lowest BCUT2D eigenvalue weighted by Gasteiger charge is -2.56. The quantitative estimate of drug-likeness (QED) is 0.162. The van der Waals surface area contributed by atoms with Crippen LogP contribution in [-0.4, -0.2) is 0 Å². The van der Waals surface area contributed by atoms with Gasteiger partial charge in [-0.05, 0) is 76.9 Å². The van der Waals surface area contributed by atoms with Gasteiger partial charge in [0.2, 0.25) is 0 Å². The summed E-state index contributed by atoms with van der Waals surface area (Å²) in [6.07, 6.45) is 0. The predicted octanol–water partition coefficient (Wildman–Crippen LogP) is 17.5. The van der Waals surface area contributed by atoms with Crippen LogP contribution in [0.3, 0.4) is 0 Å². The van der Waals surface area contributed by atoms with Crippen molar-refractivity contribution in [2.24, 2.45) is 0 Å². The second-order valence-corrected chi connectivity index (χ2v) is 117. The normalized spacial score (nSPS) is 16.3. The highest BCUT2D eigenvalue weighted by molar-refractivity contribution is 9.43. The highest BCUT2D eigenvalue weighted by Crippen LogP contribution is 3.37. The minimum atomic E-state index is -0.265. The van der Waals surface area contributed by atoms with Crippen LogP contribution in [-0.2, 0) is 0 Å².